The summed E-state index contributed by atoms with van der Waals surface area (Å²) in [6.07, 6.45) is -3.05. The van der Waals surface area contributed by atoms with E-state index < -0.39 is 11.9 Å². The number of hydrogen-bond donors (Lipinski definition) is 1. The highest BCUT2D eigenvalue weighted by Crippen LogP contribution is 2.27. The number of aromatic nitrogens is 2. The minimum Gasteiger partial charge on any atom is -0.311 e. The monoisotopic (exact) mass is 297 g/mol. The molecule has 1 aromatic carbocycles. The van der Waals surface area contributed by atoms with Gasteiger partial charge in [-0.05, 0) is 43.7 Å². The first-order chi connectivity index (χ1) is 9.81. The Morgan fingerprint density at radius 1 is 1.19 bits per heavy atom. The summed E-state index contributed by atoms with van der Waals surface area (Å²) in [5.74, 6) is 0. The van der Waals surface area contributed by atoms with Gasteiger partial charge in [-0.15, -0.1) is 0 Å². The number of aryl methyl sites for hydroxylation is 2. The Kier molecular flexibility index (Phi) is 4.37. The van der Waals surface area contributed by atoms with Gasteiger partial charge < -0.3 is 5.32 Å². The minimum absolute atomic E-state index is 0.0923. The molecule has 2 aromatic rings. The van der Waals surface area contributed by atoms with Crippen molar-refractivity contribution in [1.29, 1.82) is 0 Å². The molecule has 2 rings (SSSR count). The molecular formula is C15H18F3N3. The molecule has 6 heteroatoms. The van der Waals surface area contributed by atoms with Gasteiger partial charge in [-0.3, -0.25) is 4.68 Å². The van der Waals surface area contributed by atoms with E-state index in [-0.39, 0.29) is 6.04 Å². The largest absolute Gasteiger partial charge is 0.435 e. The lowest BCUT2D eigenvalue weighted by Crippen LogP contribution is -2.22. The summed E-state index contributed by atoms with van der Waals surface area (Å²) in [7, 11) is 1.79. The second-order valence-electron chi connectivity index (χ2n) is 5.11. The summed E-state index contributed by atoms with van der Waals surface area (Å²) >= 11 is 0. The quantitative estimate of drug-likeness (QED) is 0.936. The van der Waals surface area contributed by atoms with Crippen LogP contribution in [0.25, 0.3) is 0 Å². The predicted molar refractivity (Wildman–Crippen MR) is 74.9 cm³/mol. The third-order valence-corrected chi connectivity index (χ3v) is 3.58. The molecule has 0 bridgehead atoms. The summed E-state index contributed by atoms with van der Waals surface area (Å²) in [5, 5.41) is 6.71. The zero-order valence-corrected chi connectivity index (χ0v) is 12.2. The molecule has 114 valence electrons. The lowest BCUT2D eigenvalue weighted by Gasteiger charge is -2.18. The first-order valence-electron chi connectivity index (χ1n) is 6.66. The maximum absolute atomic E-state index is 12.5. The van der Waals surface area contributed by atoms with Crippen LogP contribution in [0.15, 0.2) is 30.5 Å². The summed E-state index contributed by atoms with van der Waals surface area (Å²) in [4.78, 5) is 0. The first kappa shape index (κ1) is 15.6. The molecule has 3 nitrogen and oxygen atoms in total. The third kappa shape index (κ3) is 3.64. The van der Waals surface area contributed by atoms with Gasteiger partial charge in [0.1, 0.15) is 0 Å². The van der Waals surface area contributed by atoms with Crippen molar-refractivity contribution in [1.82, 2.24) is 15.1 Å². The molecule has 0 saturated carbocycles. The first-order valence-corrected chi connectivity index (χ1v) is 6.66. The van der Waals surface area contributed by atoms with E-state index in [1.165, 1.54) is 16.4 Å². The SMILES string of the molecule is CNC(Cn1ccc(C(F)(F)F)n1)c1ccc(C)c(C)c1. The average molecular weight is 297 g/mol. The highest BCUT2D eigenvalue weighted by atomic mass is 19.4. The number of benzene rings is 1. The second kappa shape index (κ2) is 5.89. The topological polar surface area (TPSA) is 29.9 Å². The van der Waals surface area contributed by atoms with Crippen LogP contribution in [0.3, 0.4) is 0 Å². The Hall–Kier alpha value is -1.82. The molecule has 0 amide bonds. The normalized spacial score (nSPS) is 13.4. The summed E-state index contributed by atoms with van der Waals surface area (Å²) in [6, 6.07) is 6.94. The molecule has 0 fully saturated rings. The molecule has 1 N–H and O–H groups in total. The van der Waals surface area contributed by atoms with E-state index in [0.29, 0.717) is 6.54 Å². The summed E-state index contributed by atoms with van der Waals surface area (Å²) in [5.41, 5.74) is 2.51. The number of hydrogen-bond acceptors (Lipinski definition) is 2. The van der Waals surface area contributed by atoms with Gasteiger partial charge in [0.05, 0.1) is 12.6 Å². The third-order valence-electron chi connectivity index (χ3n) is 3.58. The maximum atomic E-state index is 12.5. The van der Waals surface area contributed by atoms with Gasteiger partial charge >= 0.3 is 6.18 Å². The fourth-order valence-electron chi connectivity index (χ4n) is 2.15. The Morgan fingerprint density at radius 2 is 1.90 bits per heavy atom. The molecule has 1 aromatic heterocycles. The van der Waals surface area contributed by atoms with Gasteiger partial charge in [0.25, 0.3) is 0 Å². The fourth-order valence-corrected chi connectivity index (χ4v) is 2.15. The molecule has 0 aliphatic heterocycles. The van der Waals surface area contributed by atoms with Crippen LogP contribution in [0, 0.1) is 13.8 Å². The van der Waals surface area contributed by atoms with Crippen molar-refractivity contribution >= 4 is 0 Å². The van der Waals surface area contributed by atoms with Crippen LogP contribution in [0.4, 0.5) is 13.2 Å². The zero-order chi connectivity index (χ0) is 15.6. The molecule has 0 saturated heterocycles. The van der Waals surface area contributed by atoms with Crippen LogP contribution < -0.4 is 5.32 Å². The molecule has 0 spiro atoms. The smallest absolute Gasteiger partial charge is 0.311 e. The van der Waals surface area contributed by atoms with Gasteiger partial charge in [-0.25, -0.2) is 0 Å². The zero-order valence-electron chi connectivity index (χ0n) is 12.2. The molecule has 1 unspecified atom stereocenters. The Labute approximate surface area is 121 Å². The fraction of sp³-hybridized carbons (Fsp3) is 0.400. The maximum Gasteiger partial charge on any atom is 0.435 e. The highest BCUT2D eigenvalue weighted by Gasteiger charge is 2.33. The van der Waals surface area contributed by atoms with E-state index in [1.807, 2.05) is 32.0 Å². The van der Waals surface area contributed by atoms with Crippen molar-refractivity contribution in [2.75, 3.05) is 7.05 Å². The minimum atomic E-state index is -4.40. The molecule has 1 heterocycles. The van der Waals surface area contributed by atoms with E-state index in [0.717, 1.165) is 17.2 Å². The van der Waals surface area contributed by atoms with Crippen LogP contribution in [0.5, 0.6) is 0 Å². The van der Waals surface area contributed by atoms with Crippen molar-refractivity contribution in [3.8, 4) is 0 Å². The Morgan fingerprint density at radius 3 is 2.43 bits per heavy atom. The highest BCUT2D eigenvalue weighted by molar-refractivity contribution is 5.31. The summed E-state index contributed by atoms with van der Waals surface area (Å²) < 4.78 is 39.0. The van der Waals surface area contributed by atoms with E-state index in [9.17, 15) is 13.2 Å². The molecule has 1 atom stereocenters. The van der Waals surface area contributed by atoms with Crippen LogP contribution >= 0.6 is 0 Å². The lowest BCUT2D eigenvalue weighted by molar-refractivity contribution is -0.141. The number of nitrogens with zero attached hydrogens (tertiary/aromatic N) is 2. The van der Waals surface area contributed by atoms with E-state index >= 15 is 0 Å². The van der Waals surface area contributed by atoms with E-state index in [4.69, 9.17) is 0 Å². The van der Waals surface area contributed by atoms with Crippen molar-refractivity contribution in [2.24, 2.45) is 0 Å². The lowest BCUT2D eigenvalue weighted by atomic mass is 10.0. The van der Waals surface area contributed by atoms with Crippen molar-refractivity contribution in [3.63, 3.8) is 0 Å². The van der Waals surface area contributed by atoms with Gasteiger partial charge in [0.15, 0.2) is 5.69 Å². The Bertz CT molecular complexity index is 617. The van der Waals surface area contributed by atoms with Gasteiger partial charge in [0.2, 0.25) is 0 Å². The predicted octanol–water partition coefficient (Wildman–Crippen LogP) is 3.48. The molecular weight excluding hydrogens is 279 g/mol. The average Bonchev–Trinajstić information content (AvgIpc) is 2.88. The van der Waals surface area contributed by atoms with Crippen LogP contribution in [-0.4, -0.2) is 16.8 Å². The van der Waals surface area contributed by atoms with Gasteiger partial charge in [-0.1, -0.05) is 18.2 Å². The van der Waals surface area contributed by atoms with Crippen LogP contribution in [-0.2, 0) is 12.7 Å². The van der Waals surface area contributed by atoms with Crippen molar-refractivity contribution < 1.29 is 13.2 Å². The van der Waals surface area contributed by atoms with Gasteiger partial charge in [-0.2, -0.15) is 18.3 Å². The molecule has 21 heavy (non-hydrogen) atoms. The van der Waals surface area contributed by atoms with E-state index in [2.05, 4.69) is 10.4 Å². The molecule has 0 radical (unpaired) electrons. The van der Waals surface area contributed by atoms with Crippen molar-refractivity contribution in [2.45, 2.75) is 32.6 Å². The van der Waals surface area contributed by atoms with E-state index in [1.54, 1.807) is 7.05 Å². The number of likely N-dealkylation sites (N-methyl/N-ethyl adjacent to an activating group) is 1. The number of alkyl halides is 3. The molecule has 0 aliphatic carbocycles. The second-order valence-corrected chi connectivity index (χ2v) is 5.11. The number of rotatable bonds is 4. The Balaban J connectivity index is 2.19. The van der Waals surface area contributed by atoms with Crippen LogP contribution in [0.1, 0.15) is 28.4 Å². The number of halogens is 3. The van der Waals surface area contributed by atoms with Crippen molar-refractivity contribution in [3.05, 3.63) is 52.8 Å². The van der Waals surface area contributed by atoms with Crippen LogP contribution in [0.2, 0.25) is 0 Å². The standard InChI is InChI=1S/C15H18F3N3/c1-10-4-5-12(8-11(10)2)13(19-3)9-21-7-6-14(20-21)15(16,17)18/h4-8,13,19H,9H2,1-3H3. The van der Waals surface area contributed by atoms with Gasteiger partial charge in [0, 0.05) is 6.20 Å². The number of nitrogens with one attached hydrogen (secondary N) is 1. The summed E-state index contributed by atoms with van der Waals surface area (Å²) in [6.45, 7) is 4.38. The molecule has 0 aliphatic rings.